The fourth-order valence-electron chi connectivity index (χ4n) is 4.01. The summed E-state index contributed by atoms with van der Waals surface area (Å²) in [6.45, 7) is 6.34. The summed E-state index contributed by atoms with van der Waals surface area (Å²) in [5.74, 6) is 0.0202. The lowest BCUT2D eigenvalue weighted by atomic mass is 10.1. The predicted octanol–water partition coefficient (Wildman–Crippen LogP) is 3.42. The quantitative estimate of drug-likeness (QED) is 0.759. The molecule has 1 aromatic heterocycles. The molecule has 1 aliphatic heterocycles. The Bertz CT molecular complexity index is 982. The number of amides is 1. The van der Waals surface area contributed by atoms with Gasteiger partial charge in [-0.2, -0.15) is 0 Å². The Morgan fingerprint density at radius 2 is 1.64 bits per heavy atom. The van der Waals surface area contributed by atoms with Crippen molar-refractivity contribution in [1.29, 1.82) is 0 Å². The number of nitrogens with zero attached hydrogens (tertiary/aromatic N) is 3. The molecule has 0 unspecified atom stereocenters. The molecular formula is C23H28N4O. The van der Waals surface area contributed by atoms with Crippen LogP contribution in [0.15, 0.2) is 48.5 Å². The molecule has 0 spiro atoms. The second kappa shape index (κ2) is 7.68. The number of aryl methyl sites for hydroxylation is 1. The molecule has 3 aromatic rings. The molecule has 1 aliphatic rings. The van der Waals surface area contributed by atoms with Crippen LogP contribution in [0.1, 0.15) is 11.3 Å². The van der Waals surface area contributed by atoms with Crippen LogP contribution >= 0.6 is 0 Å². The molecule has 1 saturated heterocycles. The maximum absolute atomic E-state index is 12.7. The summed E-state index contributed by atoms with van der Waals surface area (Å²) >= 11 is 0. The molecule has 146 valence electrons. The average Bonchev–Trinajstić information content (AvgIpc) is 2.94. The molecule has 4 rings (SSSR count). The number of para-hydroxylation sites is 1. The van der Waals surface area contributed by atoms with Gasteiger partial charge in [-0.05, 0) is 49.9 Å². The summed E-state index contributed by atoms with van der Waals surface area (Å²) in [6, 6.07) is 16.5. The predicted molar refractivity (Wildman–Crippen MR) is 116 cm³/mol. The van der Waals surface area contributed by atoms with E-state index in [2.05, 4.69) is 65.0 Å². The number of aromatic nitrogens is 1. The minimum atomic E-state index is 0.0202. The first-order valence-electron chi connectivity index (χ1n) is 9.89. The summed E-state index contributed by atoms with van der Waals surface area (Å²) < 4.78 is 2.16. The van der Waals surface area contributed by atoms with E-state index < -0.39 is 0 Å². The Kier molecular flexibility index (Phi) is 5.09. The van der Waals surface area contributed by atoms with Crippen LogP contribution in [0.25, 0.3) is 10.9 Å². The lowest BCUT2D eigenvalue weighted by molar-refractivity contribution is -0.115. The molecule has 0 aliphatic carbocycles. The maximum atomic E-state index is 12.7. The second-order valence-corrected chi connectivity index (χ2v) is 7.70. The Labute approximate surface area is 166 Å². The minimum Gasteiger partial charge on any atom is -0.369 e. The van der Waals surface area contributed by atoms with Crippen molar-refractivity contribution in [3.8, 4) is 0 Å². The van der Waals surface area contributed by atoms with Gasteiger partial charge in [0, 0.05) is 61.2 Å². The third kappa shape index (κ3) is 3.62. The van der Waals surface area contributed by atoms with Crippen LogP contribution in [-0.4, -0.2) is 48.6 Å². The van der Waals surface area contributed by atoms with Gasteiger partial charge in [0.25, 0.3) is 0 Å². The number of hydrogen-bond acceptors (Lipinski definition) is 3. The Hall–Kier alpha value is -2.79. The largest absolute Gasteiger partial charge is 0.369 e. The molecule has 1 fully saturated rings. The molecule has 0 atom stereocenters. The van der Waals surface area contributed by atoms with Gasteiger partial charge in [-0.25, -0.2) is 0 Å². The van der Waals surface area contributed by atoms with Crippen LogP contribution in [0.5, 0.6) is 0 Å². The number of likely N-dealkylation sites (N-methyl/N-ethyl adjacent to an activating group) is 1. The van der Waals surface area contributed by atoms with Gasteiger partial charge in [0.05, 0.1) is 6.42 Å². The zero-order valence-electron chi connectivity index (χ0n) is 16.9. The highest BCUT2D eigenvalue weighted by molar-refractivity contribution is 5.96. The number of rotatable bonds is 4. The number of piperazine rings is 1. The number of benzene rings is 2. The molecule has 5 nitrogen and oxygen atoms in total. The van der Waals surface area contributed by atoms with Gasteiger partial charge in [0.15, 0.2) is 0 Å². The van der Waals surface area contributed by atoms with Crippen molar-refractivity contribution in [2.75, 3.05) is 43.4 Å². The topological polar surface area (TPSA) is 40.5 Å². The fraction of sp³-hybridized carbons (Fsp3) is 0.348. The second-order valence-electron chi connectivity index (χ2n) is 7.70. The number of carbonyl (C=O) groups excluding carboxylic acids is 1. The normalized spacial score (nSPS) is 15.2. The van der Waals surface area contributed by atoms with Gasteiger partial charge in [-0.3, -0.25) is 4.79 Å². The van der Waals surface area contributed by atoms with Crippen LogP contribution in [0.3, 0.4) is 0 Å². The molecule has 2 aromatic carbocycles. The smallest absolute Gasteiger partial charge is 0.228 e. The Morgan fingerprint density at radius 1 is 0.964 bits per heavy atom. The van der Waals surface area contributed by atoms with E-state index in [1.807, 2.05) is 24.3 Å². The van der Waals surface area contributed by atoms with Gasteiger partial charge >= 0.3 is 0 Å². The van der Waals surface area contributed by atoms with E-state index in [0.717, 1.165) is 48.5 Å². The first-order valence-corrected chi connectivity index (χ1v) is 9.89. The van der Waals surface area contributed by atoms with Crippen molar-refractivity contribution in [2.24, 2.45) is 7.05 Å². The number of fused-ring (bicyclic) bond motifs is 1. The number of hydrogen-bond donors (Lipinski definition) is 1. The van der Waals surface area contributed by atoms with E-state index in [4.69, 9.17) is 0 Å². The van der Waals surface area contributed by atoms with Crippen LogP contribution < -0.4 is 10.2 Å². The van der Waals surface area contributed by atoms with Gasteiger partial charge in [0.1, 0.15) is 0 Å². The minimum absolute atomic E-state index is 0.0202. The van der Waals surface area contributed by atoms with E-state index >= 15 is 0 Å². The zero-order chi connectivity index (χ0) is 19.7. The highest BCUT2D eigenvalue weighted by Crippen LogP contribution is 2.26. The van der Waals surface area contributed by atoms with E-state index in [0.29, 0.717) is 6.42 Å². The van der Waals surface area contributed by atoms with Gasteiger partial charge < -0.3 is 19.7 Å². The van der Waals surface area contributed by atoms with Gasteiger partial charge in [-0.1, -0.05) is 18.2 Å². The third-order valence-electron chi connectivity index (χ3n) is 5.89. The summed E-state index contributed by atoms with van der Waals surface area (Å²) in [5.41, 5.74) is 5.47. The molecule has 0 saturated carbocycles. The Balaban J connectivity index is 1.44. The first-order chi connectivity index (χ1) is 13.5. The molecule has 0 radical (unpaired) electrons. The molecule has 28 heavy (non-hydrogen) atoms. The third-order valence-corrected chi connectivity index (χ3v) is 5.89. The number of nitrogens with one attached hydrogen (secondary N) is 1. The van der Waals surface area contributed by atoms with E-state index in [9.17, 15) is 4.79 Å². The standard InChI is InChI=1S/C23H28N4O/c1-17-21(20-6-4-5-7-22(20)26(17)3)16-23(28)24-18-8-10-19(11-9-18)27-14-12-25(2)13-15-27/h4-11H,12-16H2,1-3H3,(H,24,28). The monoisotopic (exact) mass is 376 g/mol. The molecule has 1 N–H and O–H groups in total. The average molecular weight is 377 g/mol. The molecule has 1 amide bonds. The summed E-state index contributed by atoms with van der Waals surface area (Å²) in [6.07, 6.45) is 0.382. The lowest BCUT2D eigenvalue weighted by Gasteiger charge is -2.34. The van der Waals surface area contributed by atoms with Crippen LogP contribution in [0, 0.1) is 6.92 Å². The van der Waals surface area contributed by atoms with Crippen LogP contribution in [0.4, 0.5) is 11.4 Å². The first kappa shape index (κ1) is 18.6. The van der Waals surface area contributed by atoms with E-state index in [1.54, 1.807) is 0 Å². The van der Waals surface area contributed by atoms with Crippen molar-refractivity contribution in [3.63, 3.8) is 0 Å². The van der Waals surface area contributed by atoms with Crippen LogP contribution in [-0.2, 0) is 18.3 Å². The highest BCUT2D eigenvalue weighted by Gasteiger charge is 2.16. The van der Waals surface area contributed by atoms with Crippen molar-refractivity contribution < 1.29 is 4.79 Å². The summed E-state index contributed by atoms with van der Waals surface area (Å²) in [7, 11) is 4.21. The summed E-state index contributed by atoms with van der Waals surface area (Å²) in [4.78, 5) is 17.4. The lowest BCUT2D eigenvalue weighted by Crippen LogP contribution is -2.44. The molecule has 2 heterocycles. The fourth-order valence-corrected chi connectivity index (χ4v) is 4.01. The molecule has 5 heteroatoms. The van der Waals surface area contributed by atoms with E-state index in [1.165, 1.54) is 11.2 Å². The summed E-state index contributed by atoms with van der Waals surface area (Å²) in [5, 5.41) is 4.21. The van der Waals surface area contributed by atoms with Crippen molar-refractivity contribution in [1.82, 2.24) is 9.47 Å². The molecular weight excluding hydrogens is 348 g/mol. The zero-order valence-corrected chi connectivity index (χ0v) is 16.9. The molecule has 0 bridgehead atoms. The number of carbonyl (C=O) groups is 1. The van der Waals surface area contributed by atoms with Crippen molar-refractivity contribution in [3.05, 3.63) is 59.8 Å². The van der Waals surface area contributed by atoms with Crippen molar-refractivity contribution in [2.45, 2.75) is 13.3 Å². The maximum Gasteiger partial charge on any atom is 0.228 e. The number of anilines is 2. The van der Waals surface area contributed by atoms with Crippen molar-refractivity contribution >= 4 is 28.2 Å². The van der Waals surface area contributed by atoms with Crippen LogP contribution in [0.2, 0.25) is 0 Å². The highest BCUT2D eigenvalue weighted by atomic mass is 16.1. The SMILES string of the molecule is Cc1c(CC(=O)Nc2ccc(N3CCN(C)CC3)cc2)c2ccccc2n1C. The van der Waals surface area contributed by atoms with E-state index in [-0.39, 0.29) is 5.91 Å². The van der Waals surface area contributed by atoms with Gasteiger partial charge in [-0.15, -0.1) is 0 Å². The van der Waals surface area contributed by atoms with Gasteiger partial charge in [0.2, 0.25) is 5.91 Å². The Morgan fingerprint density at radius 3 is 2.36 bits per heavy atom.